The molecule has 2 N–H and O–H groups in total. The molecule has 5 rings (SSSR count). The first kappa shape index (κ1) is 23.9. The zero-order valence-electron chi connectivity index (χ0n) is 19.7. The second-order valence-corrected chi connectivity index (χ2v) is 9.78. The summed E-state index contributed by atoms with van der Waals surface area (Å²) in [6.07, 6.45) is -0.272. The van der Waals surface area contributed by atoms with Crippen molar-refractivity contribution in [3.63, 3.8) is 0 Å². The van der Waals surface area contributed by atoms with E-state index in [2.05, 4.69) is 41.8 Å². The number of nitrogens with zero attached hydrogens (tertiary/aromatic N) is 2. The van der Waals surface area contributed by atoms with Gasteiger partial charge < -0.3 is 19.7 Å². The van der Waals surface area contributed by atoms with E-state index in [1.165, 1.54) is 22.3 Å². The maximum absolute atomic E-state index is 12.9. The predicted molar refractivity (Wildman–Crippen MR) is 140 cm³/mol. The molecule has 1 heterocycles. The average molecular weight is 488 g/mol. The minimum absolute atomic E-state index is 0.0557. The Morgan fingerprint density at radius 2 is 1.60 bits per heavy atom. The van der Waals surface area contributed by atoms with Crippen LogP contribution >= 0.6 is 12.6 Å². The van der Waals surface area contributed by atoms with Crippen molar-refractivity contribution in [2.75, 3.05) is 32.8 Å². The molecule has 180 valence electrons. The van der Waals surface area contributed by atoms with Crippen LogP contribution in [0.5, 0.6) is 0 Å². The predicted octanol–water partition coefficient (Wildman–Crippen LogP) is 3.03. The fourth-order valence-electron chi connectivity index (χ4n) is 5.23. The Labute approximate surface area is 211 Å². The summed E-state index contributed by atoms with van der Waals surface area (Å²) >= 11 is 4.41. The molecule has 0 aromatic heterocycles. The molecule has 1 aliphatic heterocycles. The highest BCUT2D eigenvalue weighted by atomic mass is 32.1. The van der Waals surface area contributed by atoms with Crippen LogP contribution in [0.15, 0.2) is 65.6 Å². The molecule has 8 heteroatoms. The smallest absolute Gasteiger partial charge is 0.448 e. The van der Waals surface area contributed by atoms with E-state index in [1.54, 1.807) is 11.0 Å². The van der Waals surface area contributed by atoms with Crippen molar-refractivity contribution in [3.05, 3.63) is 82.9 Å². The van der Waals surface area contributed by atoms with E-state index in [1.807, 2.05) is 37.3 Å². The zero-order valence-corrected chi connectivity index (χ0v) is 20.6. The fraction of sp³-hybridized carbons (Fsp3) is 0.296. The second-order valence-electron chi connectivity index (χ2n) is 9.26. The number of benzene rings is 3. The standard InChI is InChI=1S/C27H29BN2O4S/c1-18-19(14-20(35)15-26(18)28(32)33)16-29-10-12-30(13-11-29)27(31)34-17-25-23-8-4-2-6-21(23)22-7-3-5-9-24(22)25/h2-9,14-15,25,32-33,35H,10-13,16-17H2,1H3. The van der Waals surface area contributed by atoms with E-state index in [-0.39, 0.29) is 12.0 Å². The minimum atomic E-state index is -1.52. The van der Waals surface area contributed by atoms with E-state index in [9.17, 15) is 14.8 Å². The van der Waals surface area contributed by atoms with Crippen molar-refractivity contribution in [1.29, 1.82) is 0 Å². The third-order valence-electron chi connectivity index (χ3n) is 7.18. The first-order chi connectivity index (χ1) is 16.9. The van der Waals surface area contributed by atoms with Gasteiger partial charge in [0.25, 0.3) is 0 Å². The summed E-state index contributed by atoms with van der Waals surface area (Å²) in [6.45, 7) is 5.50. The van der Waals surface area contributed by atoms with Gasteiger partial charge in [-0.3, -0.25) is 4.90 Å². The topological polar surface area (TPSA) is 73.2 Å². The van der Waals surface area contributed by atoms with Crippen LogP contribution in [0, 0.1) is 6.92 Å². The van der Waals surface area contributed by atoms with Crippen LogP contribution in [0.1, 0.15) is 28.2 Å². The van der Waals surface area contributed by atoms with Gasteiger partial charge in [0.15, 0.2) is 0 Å². The summed E-state index contributed by atoms with van der Waals surface area (Å²) in [7, 11) is -1.52. The average Bonchev–Trinajstić information content (AvgIpc) is 3.18. The minimum Gasteiger partial charge on any atom is -0.448 e. The normalized spacial score (nSPS) is 15.6. The van der Waals surface area contributed by atoms with Gasteiger partial charge in [0.1, 0.15) is 6.61 Å². The van der Waals surface area contributed by atoms with Crippen LogP contribution < -0.4 is 5.46 Å². The molecule has 1 saturated heterocycles. The lowest BCUT2D eigenvalue weighted by atomic mass is 9.76. The van der Waals surface area contributed by atoms with Crippen LogP contribution in [0.4, 0.5) is 4.79 Å². The number of hydrogen-bond donors (Lipinski definition) is 3. The Morgan fingerprint density at radius 3 is 2.20 bits per heavy atom. The molecule has 1 aliphatic carbocycles. The van der Waals surface area contributed by atoms with Gasteiger partial charge in [0.2, 0.25) is 0 Å². The number of rotatable bonds is 5. The molecule has 3 aromatic rings. The summed E-state index contributed by atoms with van der Waals surface area (Å²) < 4.78 is 5.81. The molecule has 0 bridgehead atoms. The number of piperazine rings is 1. The van der Waals surface area contributed by atoms with E-state index in [4.69, 9.17) is 4.74 Å². The Bertz CT molecular complexity index is 1200. The van der Waals surface area contributed by atoms with E-state index in [0.717, 1.165) is 24.2 Å². The maximum Gasteiger partial charge on any atom is 0.488 e. The Kier molecular flexibility index (Phi) is 6.89. The number of carbonyl (C=O) groups excluding carboxylic acids is 1. The summed E-state index contributed by atoms with van der Waals surface area (Å²) in [5, 5.41) is 19.3. The summed E-state index contributed by atoms with van der Waals surface area (Å²) in [6, 6.07) is 20.3. The van der Waals surface area contributed by atoms with Gasteiger partial charge in [-0.05, 0) is 57.9 Å². The van der Waals surface area contributed by atoms with Gasteiger partial charge in [-0.15, -0.1) is 12.6 Å². The van der Waals surface area contributed by atoms with Gasteiger partial charge in [-0.25, -0.2) is 4.79 Å². The second kappa shape index (κ2) is 10.1. The molecule has 3 aromatic carbocycles. The van der Waals surface area contributed by atoms with Crippen LogP contribution in [-0.4, -0.2) is 65.8 Å². The lowest BCUT2D eigenvalue weighted by Crippen LogP contribution is -2.48. The number of ether oxygens (including phenoxy) is 1. The largest absolute Gasteiger partial charge is 0.488 e. The number of hydrogen-bond acceptors (Lipinski definition) is 6. The maximum atomic E-state index is 12.9. The summed E-state index contributed by atoms with van der Waals surface area (Å²) in [4.78, 5) is 17.6. The molecule has 1 amide bonds. The highest BCUT2D eigenvalue weighted by molar-refractivity contribution is 7.80. The van der Waals surface area contributed by atoms with Gasteiger partial charge in [0, 0.05) is 43.5 Å². The molecule has 1 fully saturated rings. The van der Waals surface area contributed by atoms with Crippen molar-refractivity contribution in [2.45, 2.75) is 24.3 Å². The lowest BCUT2D eigenvalue weighted by molar-refractivity contribution is 0.0728. The highest BCUT2D eigenvalue weighted by Crippen LogP contribution is 2.44. The molecule has 2 aliphatic rings. The molecule has 0 radical (unpaired) electrons. The molecule has 0 unspecified atom stereocenters. The van der Waals surface area contributed by atoms with E-state index < -0.39 is 7.12 Å². The van der Waals surface area contributed by atoms with Crippen LogP contribution in [0.25, 0.3) is 11.1 Å². The van der Waals surface area contributed by atoms with Crippen molar-refractivity contribution < 1.29 is 19.6 Å². The molecular weight excluding hydrogens is 459 g/mol. The summed E-state index contributed by atoms with van der Waals surface area (Å²) in [5.74, 6) is 0.0557. The van der Waals surface area contributed by atoms with E-state index >= 15 is 0 Å². The van der Waals surface area contributed by atoms with Crippen molar-refractivity contribution in [1.82, 2.24) is 9.80 Å². The first-order valence-electron chi connectivity index (χ1n) is 11.9. The van der Waals surface area contributed by atoms with Crippen molar-refractivity contribution in [2.24, 2.45) is 0 Å². The first-order valence-corrected chi connectivity index (χ1v) is 12.4. The van der Waals surface area contributed by atoms with Gasteiger partial charge in [-0.2, -0.15) is 0 Å². The number of carbonyl (C=O) groups is 1. The van der Waals surface area contributed by atoms with E-state index in [0.29, 0.717) is 36.6 Å². The van der Waals surface area contributed by atoms with Gasteiger partial charge >= 0.3 is 13.2 Å². The molecule has 0 spiro atoms. The van der Waals surface area contributed by atoms with Gasteiger partial charge in [0.05, 0.1) is 0 Å². The van der Waals surface area contributed by atoms with Crippen LogP contribution in [-0.2, 0) is 11.3 Å². The number of amides is 1. The molecule has 6 nitrogen and oxygen atoms in total. The molecule has 0 atom stereocenters. The molecule has 0 saturated carbocycles. The SMILES string of the molecule is Cc1c(CN2CCN(C(=O)OCC3c4ccccc4-c4ccccc43)CC2)cc(S)cc1B(O)O. The quantitative estimate of drug-likeness (QED) is 0.381. The third-order valence-corrected chi connectivity index (χ3v) is 7.44. The van der Waals surface area contributed by atoms with Crippen molar-refractivity contribution >= 4 is 31.3 Å². The molecular formula is C27H29BN2O4S. The van der Waals surface area contributed by atoms with Gasteiger partial charge in [-0.1, -0.05) is 48.5 Å². The highest BCUT2D eigenvalue weighted by Gasteiger charge is 2.30. The Morgan fingerprint density at radius 1 is 1.00 bits per heavy atom. The number of fused-ring (bicyclic) bond motifs is 3. The molecule has 35 heavy (non-hydrogen) atoms. The summed E-state index contributed by atoms with van der Waals surface area (Å²) in [5.41, 5.74) is 7.20. The fourth-order valence-corrected chi connectivity index (χ4v) is 5.52. The Hall–Kier alpha value is -2.78. The number of thiol groups is 1. The Balaban J connectivity index is 1.18. The zero-order chi connectivity index (χ0) is 24.5. The van der Waals surface area contributed by atoms with Crippen LogP contribution in [0.3, 0.4) is 0 Å². The lowest BCUT2D eigenvalue weighted by Gasteiger charge is -2.34. The van der Waals surface area contributed by atoms with Crippen LogP contribution in [0.2, 0.25) is 0 Å². The third kappa shape index (κ3) is 4.84. The monoisotopic (exact) mass is 488 g/mol. The van der Waals surface area contributed by atoms with Crippen molar-refractivity contribution in [3.8, 4) is 11.1 Å².